The summed E-state index contributed by atoms with van der Waals surface area (Å²) in [5.41, 5.74) is -0.546. The van der Waals surface area contributed by atoms with Crippen LogP contribution in [-0.2, 0) is 9.53 Å². The van der Waals surface area contributed by atoms with Crippen molar-refractivity contribution in [1.82, 2.24) is 5.32 Å². The van der Waals surface area contributed by atoms with Gasteiger partial charge in [0.1, 0.15) is 5.54 Å². The number of methoxy groups -OCH3 is 1. The highest BCUT2D eigenvalue weighted by atomic mass is 32.2. The van der Waals surface area contributed by atoms with Crippen LogP contribution in [0, 0.1) is 0 Å². The maximum absolute atomic E-state index is 11.8. The van der Waals surface area contributed by atoms with E-state index in [2.05, 4.69) is 12.2 Å². The van der Waals surface area contributed by atoms with E-state index in [1.807, 2.05) is 32.5 Å². The minimum Gasteiger partial charge on any atom is -0.468 e. The zero-order valence-corrected chi connectivity index (χ0v) is 12.7. The molecule has 4 heteroatoms. The van der Waals surface area contributed by atoms with Crippen LogP contribution >= 0.6 is 11.8 Å². The summed E-state index contributed by atoms with van der Waals surface area (Å²) in [6.07, 6.45) is 3.08. The minimum atomic E-state index is -0.546. The van der Waals surface area contributed by atoms with Gasteiger partial charge in [-0.1, -0.05) is 6.92 Å². The predicted molar refractivity (Wildman–Crippen MR) is 75.5 cm³/mol. The van der Waals surface area contributed by atoms with Crippen molar-refractivity contribution in [2.75, 3.05) is 18.6 Å². The van der Waals surface area contributed by atoms with E-state index in [0.29, 0.717) is 0 Å². The Balaban J connectivity index is 4.15. The second kappa shape index (κ2) is 8.81. The first kappa shape index (κ1) is 16.8. The van der Waals surface area contributed by atoms with Gasteiger partial charge in [-0.3, -0.25) is 10.1 Å². The van der Waals surface area contributed by atoms with Crippen molar-refractivity contribution < 1.29 is 9.53 Å². The zero-order chi connectivity index (χ0) is 13.3. The average Bonchev–Trinajstić information content (AvgIpc) is 2.26. The van der Waals surface area contributed by atoms with Gasteiger partial charge in [-0.25, -0.2) is 0 Å². The first-order valence-electron chi connectivity index (χ1n) is 6.40. The molecule has 0 saturated carbocycles. The fourth-order valence-corrected chi connectivity index (χ4v) is 2.71. The second-order valence-corrected chi connectivity index (χ2v) is 6.06. The average molecular weight is 261 g/mol. The molecule has 1 N–H and O–H groups in total. The lowest BCUT2D eigenvalue weighted by molar-refractivity contribution is -0.148. The lowest BCUT2D eigenvalue weighted by atomic mass is 9.95. The Kier molecular flexibility index (Phi) is 8.70. The summed E-state index contributed by atoms with van der Waals surface area (Å²) in [7, 11) is 1.45. The summed E-state index contributed by atoms with van der Waals surface area (Å²) in [5, 5.41) is 3.31. The third-order valence-corrected chi connectivity index (χ3v) is 3.83. The maximum Gasteiger partial charge on any atom is 0.325 e. The van der Waals surface area contributed by atoms with Gasteiger partial charge in [0.25, 0.3) is 0 Å². The largest absolute Gasteiger partial charge is 0.468 e. The number of thioether (sulfide) groups is 1. The summed E-state index contributed by atoms with van der Waals surface area (Å²) in [6, 6.07) is 0.280. The zero-order valence-electron chi connectivity index (χ0n) is 11.8. The second-order valence-electron chi connectivity index (χ2n) is 4.84. The van der Waals surface area contributed by atoms with Crippen molar-refractivity contribution in [3.8, 4) is 0 Å². The smallest absolute Gasteiger partial charge is 0.325 e. The number of nitrogens with one attached hydrogen (secondary N) is 1. The third-order valence-electron chi connectivity index (χ3n) is 2.56. The van der Waals surface area contributed by atoms with Crippen LogP contribution in [0.15, 0.2) is 0 Å². The Morgan fingerprint density at radius 3 is 2.53 bits per heavy atom. The van der Waals surface area contributed by atoms with Crippen LogP contribution in [0.25, 0.3) is 0 Å². The van der Waals surface area contributed by atoms with Crippen molar-refractivity contribution >= 4 is 17.7 Å². The highest BCUT2D eigenvalue weighted by Gasteiger charge is 2.33. The molecule has 0 heterocycles. The summed E-state index contributed by atoms with van der Waals surface area (Å²) in [4.78, 5) is 11.8. The van der Waals surface area contributed by atoms with Crippen molar-refractivity contribution in [2.45, 2.75) is 58.5 Å². The number of carbonyl (C=O) groups excluding carboxylic acids is 1. The molecule has 1 unspecified atom stereocenters. The molecule has 102 valence electrons. The number of carbonyl (C=O) groups is 1. The van der Waals surface area contributed by atoms with Gasteiger partial charge >= 0.3 is 5.97 Å². The first-order chi connectivity index (χ1) is 7.96. The topological polar surface area (TPSA) is 38.3 Å². The fourth-order valence-electron chi connectivity index (χ4n) is 1.87. The van der Waals surface area contributed by atoms with E-state index in [4.69, 9.17) is 4.74 Å². The van der Waals surface area contributed by atoms with Gasteiger partial charge in [-0.15, -0.1) is 0 Å². The molecule has 0 aromatic rings. The maximum atomic E-state index is 11.8. The molecule has 0 aromatic heterocycles. The molecule has 1 atom stereocenters. The monoisotopic (exact) mass is 261 g/mol. The van der Waals surface area contributed by atoms with E-state index in [1.165, 1.54) is 19.3 Å². The number of hydrogen-bond acceptors (Lipinski definition) is 4. The Labute approximate surface area is 110 Å². The van der Waals surface area contributed by atoms with Crippen LogP contribution < -0.4 is 5.32 Å². The molecule has 3 nitrogen and oxygen atoms in total. The van der Waals surface area contributed by atoms with Crippen molar-refractivity contribution in [3.05, 3.63) is 0 Å². The summed E-state index contributed by atoms with van der Waals surface area (Å²) in [5.74, 6) is 2.15. The molecule has 0 aliphatic heterocycles. The molecule has 0 saturated heterocycles. The van der Waals surface area contributed by atoms with E-state index in [1.54, 1.807) is 0 Å². The first-order valence-corrected chi connectivity index (χ1v) is 7.55. The normalized spacial score (nSPS) is 14.7. The lowest BCUT2D eigenvalue weighted by Crippen LogP contribution is -2.53. The molecule has 0 rings (SSSR count). The molecule has 0 aliphatic carbocycles. The van der Waals surface area contributed by atoms with Crippen LogP contribution in [-0.4, -0.2) is 36.2 Å². The quantitative estimate of drug-likeness (QED) is 0.511. The van der Waals surface area contributed by atoms with Gasteiger partial charge in [0.15, 0.2) is 0 Å². The summed E-state index contributed by atoms with van der Waals surface area (Å²) < 4.78 is 4.89. The molecular weight excluding hydrogens is 234 g/mol. The number of ether oxygens (including phenoxy) is 1. The molecule has 0 fully saturated rings. The highest BCUT2D eigenvalue weighted by molar-refractivity contribution is 7.99. The number of rotatable bonds is 9. The predicted octanol–water partition coefficient (Wildman–Crippen LogP) is 2.84. The SMILES string of the molecule is CCCSCCCC(C)(NC(C)C)C(=O)OC. The molecule has 0 radical (unpaired) electrons. The van der Waals surface area contributed by atoms with E-state index in [-0.39, 0.29) is 12.0 Å². The lowest BCUT2D eigenvalue weighted by Gasteiger charge is -2.30. The molecule has 0 amide bonds. The summed E-state index contributed by atoms with van der Waals surface area (Å²) in [6.45, 7) is 8.22. The van der Waals surface area contributed by atoms with Crippen molar-refractivity contribution in [2.24, 2.45) is 0 Å². The van der Waals surface area contributed by atoms with Crippen molar-refractivity contribution in [3.63, 3.8) is 0 Å². The van der Waals surface area contributed by atoms with Crippen LogP contribution in [0.3, 0.4) is 0 Å². The fraction of sp³-hybridized carbons (Fsp3) is 0.923. The van der Waals surface area contributed by atoms with Gasteiger partial charge in [0, 0.05) is 6.04 Å². The van der Waals surface area contributed by atoms with Crippen LogP contribution in [0.4, 0.5) is 0 Å². The minimum absolute atomic E-state index is 0.160. The van der Waals surface area contributed by atoms with Gasteiger partial charge < -0.3 is 4.74 Å². The molecule has 0 bridgehead atoms. The van der Waals surface area contributed by atoms with Crippen LogP contribution in [0.2, 0.25) is 0 Å². The van der Waals surface area contributed by atoms with Gasteiger partial charge in [0.05, 0.1) is 7.11 Å². The molecule has 0 aliphatic rings. The molecule has 0 aromatic carbocycles. The third kappa shape index (κ3) is 6.94. The van der Waals surface area contributed by atoms with E-state index in [0.717, 1.165) is 18.6 Å². The highest BCUT2D eigenvalue weighted by Crippen LogP contribution is 2.18. The van der Waals surface area contributed by atoms with Crippen molar-refractivity contribution in [1.29, 1.82) is 0 Å². The van der Waals surface area contributed by atoms with Crippen LogP contribution in [0.5, 0.6) is 0 Å². The Hall–Kier alpha value is -0.220. The number of esters is 1. The molecular formula is C13H27NO2S. The molecule has 0 spiro atoms. The van der Waals surface area contributed by atoms with Gasteiger partial charge in [-0.2, -0.15) is 11.8 Å². The van der Waals surface area contributed by atoms with E-state index >= 15 is 0 Å². The van der Waals surface area contributed by atoms with E-state index in [9.17, 15) is 4.79 Å². The summed E-state index contributed by atoms with van der Waals surface area (Å²) >= 11 is 1.95. The standard InChI is InChI=1S/C13H27NO2S/c1-6-9-17-10-7-8-13(4,12(15)16-5)14-11(2)3/h11,14H,6-10H2,1-5H3. The molecule has 17 heavy (non-hydrogen) atoms. The Bertz CT molecular complexity index is 221. The number of hydrogen-bond donors (Lipinski definition) is 1. The van der Waals surface area contributed by atoms with Crippen LogP contribution in [0.1, 0.15) is 47.0 Å². The Morgan fingerprint density at radius 1 is 1.41 bits per heavy atom. The van der Waals surface area contributed by atoms with E-state index < -0.39 is 5.54 Å². The van der Waals surface area contributed by atoms with Gasteiger partial charge in [0.2, 0.25) is 0 Å². The van der Waals surface area contributed by atoms with Gasteiger partial charge in [-0.05, 0) is 51.5 Å². The Morgan fingerprint density at radius 2 is 2.06 bits per heavy atom.